The van der Waals surface area contributed by atoms with Crippen molar-refractivity contribution in [3.05, 3.63) is 60.6 Å². The van der Waals surface area contributed by atoms with Crippen molar-refractivity contribution in [1.82, 2.24) is 14.9 Å². The van der Waals surface area contributed by atoms with Crippen LogP contribution in [0.1, 0.15) is 50.3 Å². The van der Waals surface area contributed by atoms with Gasteiger partial charge in [0, 0.05) is 41.8 Å². The molecule has 0 aliphatic carbocycles. The molecule has 1 aliphatic heterocycles. The van der Waals surface area contributed by atoms with E-state index in [2.05, 4.69) is 20.9 Å². The molecule has 1 fully saturated rings. The molecule has 198 valence electrons. The largest absolute Gasteiger partial charge is 0.497 e. The number of carboxylic acids is 1. The molecule has 0 amide bonds. The minimum absolute atomic E-state index is 0.166. The summed E-state index contributed by atoms with van der Waals surface area (Å²) in [6.45, 7) is 2.88. The highest BCUT2D eigenvalue weighted by molar-refractivity contribution is 7.99. The van der Waals surface area contributed by atoms with Crippen LogP contribution in [0.25, 0.3) is 10.9 Å². The zero-order valence-electron chi connectivity index (χ0n) is 21.4. The predicted molar refractivity (Wildman–Crippen MR) is 146 cm³/mol. The normalized spacial score (nSPS) is 19.1. The number of nitrogens with zero attached hydrogens (tertiary/aromatic N) is 3. The van der Waals surface area contributed by atoms with Gasteiger partial charge in [0.15, 0.2) is 0 Å². The van der Waals surface area contributed by atoms with Crippen molar-refractivity contribution in [2.75, 3.05) is 32.5 Å². The van der Waals surface area contributed by atoms with Gasteiger partial charge in [-0.2, -0.15) is 0 Å². The van der Waals surface area contributed by atoms with Gasteiger partial charge in [0.25, 0.3) is 0 Å². The number of piperidine rings is 1. The van der Waals surface area contributed by atoms with E-state index in [1.165, 1.54) is 4.90 Å². The minimum Gasteiger partial charge on any atom is -0.497 e. The van der Waals surface area contributed by atoms with Crippen LogP contribution >= 0.6 is 11.8 Å². The van der Waals surface area contributed by atoms with E-state index in [-0.39, 0.29) is 12.3 Å². The molecule has 3 heterocycles. The van der Waals surface area contributed by atoms with E-state index in [1.807, 2.05) is 42.2 Å². The van der Waals surface area contributed by atoms with Gasteiger partial charge in [0.1, 0.15) is 11.9 Å². The first-order chi connectivity index (χ1) is 18.0. The number of fused-ring (bicyclic) bond motifs is 1. The second kappa shape index (κ2) is 13.7. The van der Waals surface area contributed by atoms with Crippen molar-refractivity contribution < 1.29 is 19.0 Å². The zero-order chi connectivity index (χ0) is 26.0. The van der Waals surface area contributed by atoms with E-state index >= 15 is 4.39 Å². The molecule has 1 aliphatic rings. The number of alkyl halides is 1. The monoisotopic (exact) mass is 525 g/mol. The van der Waals surface area contributed by atoms with Crippen molar-refractivity contribution in [3.63, 3.8) is 0 Å². The van der Waals surface area contributed by atoms with Crippen LogP contribution in [-0.4, -0.2) is 58.4 Å². The molecule has 8 heteroatoms. The first kappa shape index (κ1) is 27.3. The number of benzene rings is 1. The molecular formula is C29H36FN3O3S. The predicted octanol–water partition coefficient (Wildman–Crippen LogP) is 6.41. The first-order valence-electron chi connectivity index (χ1n) is 13.1. The van der Waals surface area contributed by atoms with Gasteiger partial charge in [-0.3, -0.25) is 14.8 Å². The van der Waals surface area contributed by atoms with Gasteiger partial charge in [-0.05, 0) is 105 Å². The third-order valence-corrected chi connectivity index (χ3v) is 8.40. The molecule has 37 heavy (non-hydrogen) atoms. The highest BCUT2D eigenvalue weighted by atomic mass is 32.2. The van der Waals surface area contributed by atoms with E-state index in [9.17, 15) is 9.90 Å². The fraction of sp³-hybridized carbons (Fsp3) is 0.483. The summed E-state index contributed by atoms with van der Waals surface area (Å²) in [6, 6.07) is 11.3. The number of pyridine rings is 2. The van der Waals surface area contributed by atoms with Crippen LogP contribution in [-0.2, 0) is 4.79 Å². The van der Waals surface area contributed by atoms with E-state index in [0.717, 1.165) is 55.6 Å². The molecule has 0 radical (unpaired) electrons. The summed E-state index contributed by atoms with van der Waals surface area (Å²) in [5, 5.41) is 10.1. The van der Waals surface area contributed by atoms with Gasteiger partial charge in [0.2, 0.25) is 0 Å². The van der Waals surface area contributed by atoms with Crippen molar-refractivity contribution in [2.24, 2.45) is 11.8 Å². The van der Waals surface area contributed by atoms with Gasteiger partial charge in [0.05, 0.1) is 12.6 Å². The number of halogens is 1. The van der Waals surface area contributed by atoms with Gasteiger partial charge >= 0.3 is 5.97 Å². The molecule has 0 spiro atoms. The topological polar surface area (TPSA) is 75.5 Å². The Morgan fingerprint density at radius 2 is 2.14 bits per heavy atom. The maximum Gasteiger partial charge on any atom is 0.303 e. The Kier molecular flexibility index (Phi) is 10.1. The van der Waals surface area contributed by atoms with Crippen LogP contribution in [0.4, 0.5) is 4.39 Å². The molecule has 1 N–H and O–H groups in total. The Bertz CT molecular complexity index is 1150. The fourth-order valence-corrected chi connectivity index (χ4v) is 6.17. The molecule has 2 aromatic heterocycles. The van der Waals surface area contributed by atoms with Crippen molar-refractivity contribution in [2.45, 2.75) is 49.6 Å². The molecule has 3 aromatic rings. The lowest BCUT2D eigenvalue weighted by Gasteiger charge is -2.39. The van der Waals surface area contributed by atoms with E-state index in [1.54, 1.807) is 25.6 Å². The number of aromatic nitrogens is 2. The Labute approximate surface area is 222 Å². The van der Waals surface area contributed by atoms with E-state index in [4.69, 9.17) is 4.74 Å². The Hall–Kier alpha value is -2.71. The third-order valence-electron chi connectivity index (χ3n) is 7.34. The van der Waals surface area contributed by atoms with Crippen LogP contribution in [0, 0.1) is 11.8 Å². The van der Waals surface area contributed by atoms with Crippen LogP contribution in [0.2, 0.25) is 0 Å². The van der Waals surface area contributed by atoms with E-state index < -0.39 is 12.1 Å². The molecule has 1 aromatic carbocycles. The fourth-order valence-electron chi connectivity index (χ4n) is 5.35. The highest BCUT2D eigenvalue weighted by Gasteiger charge is 2.30. The van der Waals surface area contributed by atoms with E-state index in [0.29, 0.717) is 30.1 Å². The van der Waals surface area contributed by atoms with Gasteiger partial charge in [-0.15, -0.1) is 11.8 Å². The second-order valence-corrected chi connectivity index (χ2v) is 10.9. The number of ether oxygens (including phenoxy) is 1. The molecular weight excluding hydrogens is 489 g/mol. The molecule has 3 atom stereocenters. The number of methoxy groups -OCH3 is 1. The molecule has 1 unspecified atom stereocenters. The number of rotatable bonds is 13. The zero-order valence-corrected chi connectivity index (χ0v) is 22.2. The van der Waals surface area contributed by atoms with Crippen molar-refractivity contribution in [1.29, 1.82) is 0 Å². The van der Waals surface area contributed by atoms with Gasteiger partial charge in [-0.25, -0.2) is 4.39 Å². The summed E-state index contributed by atoms with van der Waals surface area (Å²) < 4.78 is 20.9. The summed E-state index contributed by atoms with van der Waals surface area (Å²) in [6.07, 6.45) is 8.29. The molecule has 6 nitrogen and oxygen atoms in total. The summed E-state index contributed by atoms with van der Waals surface area (Å²) >= 11 is 1.82. The number of aliphatic carboxylic acids is 1. The summed E-state index contributed by atoms with van der Waals surface area (Å²) in [5.74, 6) is 1.57. The number of likely N-dealkylation sites (tertiary alicyclic amines) is 1. The second-order valence-electron chi connectivity index (χ2n) is 9.76. The van der Waals surface area contributed by atoms with Crippen molar-refractivity contribution >= 4 is 28.6 Å². The number of hydrogen-bond acceptors (Lipinski definition) is 6. The van der Waals surface area contributed by atoms with Crippen LogP contribution in [0.3, 0.4) is 0 Å². The number of carbonyl (C=O) groups is 1. The van der Waals surface area contributed by atoms with Gasteiger partial charge in [-0.1, -0.05) is 0 Å². The Morgan fingerprint density at radius 1 is 1.24 bits per heavy atom. The average molecular weight is 526 g/mol. The quantitative estimate of drug-likeness (QED) is 0.204. The summed E-state index contributed by atoms with van der Waals surface area (Å²) in [5.41, 5.74) is 1.41. The van der Waals surface area contributed by atoms with Crippen LogP contribution < -0.4 is 4.74 Å². The molecule has 0 bridgehead atoms. The Balaban J connectivity index is 1.32. The number of hydrogen-bond donors (Lipinski definition) is 1. The number of carboxylic acid groups (broad SMARTS) is 1. The SMILES string of the molecule is COc1ccc2nccc(C(F)CC[C@@H]3CCN(CCCSc4cccnc4)C[C@@H]3CCC(=O)O)c2c1. The lowest BCUT2D eigenvalue weighted by atomic mass is 9.79. The lowest BCUT2D eigenvalue weighted by molar-refractivity contribution is -0.137. The number of thioether (sulfide) groups is 1. The highest BCUT2D eigenvalue weighted by Crippen LogP contribution is 2.36. The standard InChI is InChI=1S/C29H36FN3O3S/c1-36-23-7-9-28-26(18-23)25(11-14-32-28)27(30)8-5-21-12-16-33(20-22(21)6-10-29(34)35)15-3-17-37-24-4-2-13-31-19-24/h2,4,7,9,11,13-14,18-19,21-22,27H,3,5-6,8,10,12,15-17,20H2,1H3,(H,34,35)/t21-,22+,27?/m1/s1. The molecule has 4 rings (SSSR count). The smallest absolute Gasteiger partial charge is 0.303 e. The maximum absolute atomic E-state index is 15.5. The maximum atomic E-state index is 15.5. The van der Waals surface area contributed by atoms with Crippen LogP contribution in [0.15, 0.2) is 59.9 Å². The molecule has 0 saturated carbocycles. The summed E-state index contributed by atoms with van der Waals surface area (Å²) in [4.78, 5) is 23.5. The van der Waals surface area contributed by atoms with Crippen molar-refractivity contribution in [3.8, 4) is 5.75 Å². The molecule has 1 saturated heterocycles. The summed E-state index contributed by atoms with van der Waals surface area (Å²) in [7, 11) is 1.60. The average Bonchev–Trinajstić information content (AvgIpc) is 2.93. The lowest BCUT2D eigenvalue weighted by Crippen LogP contribution is -2.41. The Morgan fingerprint density at radius 3 is 2.92 bits per heavy atom. The van der Waals surface area contributed by atoms with Gasteiger partial charge < -0.3 is 14.7 Å². The first-order valence-corrected chi connectivity index (χ1v) is 14.1. The minimum atomic E-state index is -1.10. The van der Waals surface area contributed by atoms with Crippen LogP contribution in [0.5, 0.6) is 5.75 Å². The third kappa shape index (κ3) is 7.89.